The molecule has 0 aliphatic carbocycles. The van der Waals surface area contributed by atoms with E-state index in [9.17, 15) is 0 Å². The van der Waals surface area contributed by atoms with Crippen molar-refractivity contribution in [3.63, 3.8) is 0 Å². The van der Waals surface area contributed by atoms with E-state index >= 15 is 0 Å². The van der Waals surface area contributed by atoms with Crippen LogP contribution in [0.15, 0.2) is 84.9 Å². The van der Waals surface area contributed by atoms with Crippen LogP contribution >= 0.6 is 0 Å². The molecule has 9 nitrogen and oxygen atoms in total. The van der Waals surface area contributed by atoms with Crippen LogP contribution in [0.25, 0.3) is 0 Å². The Hall–Kier alpha value is -2.64. The van der Waals surface area contributed by atoms with Crippen molar-refractivity contribution in [2.75, 3.05) is 62.0 Å². The van der Waals surface area contributed by atoms with Gasteiger partial charge in [-0.1, -0.05) is 121 Å². The van der Waals surface area contributed by atoms with E-state index < -0.39 is 8.32 Å². The van der Waals surface area contributed by atoms with Gasteiger partial charge in [-0.25, -0.2) is 0 Å². The molecule has 0 saturated carbocycles. The SMILES string of the molecule is COCO[C@H]([C@H](C)CO[Si](c1ccccc1)(c1ccccc1)C(C)(C)C)[C@@H](C)CC[C@@H](OCOC)[C@H](C)[C@H](OCOC)[C@H](C)CCOCc1ccc(OC)cc1. The van der Waals surface area contributed by atoms with Gasteiger partial charge >= 0.3 is 0 Å². The Balaban J connectivity index is 1.74. The van der Waals surface area contributed by atoms with Crippen molar-refractivity contribution in [3.05, 3.63) is 90.5 Å². The largest absolute Gasteiger partial charge is 0.497 e. The third-order valence-corrected chi connectivity index (χ3v) is 16.0. The lowest BCUT2D eigenvalue weighted by atomic mass is 9.83. The van der Waals surface area contributed by atoms with Crippen LogP contribution in [0.3, 0.4) is 0 Å². The Morgan fingerprint density at radius 3 is 1.61 bits per heavy atom. The quantitative estimate of drug-likeness (QED) is 0.0409. The molecule has 0 radical (unpaired) electrons. The van der Waals surface area contributed by atoms with Crippen LogP contribution in [0.1, 0.15) is 73.3 Å². The van der Waals surface area contributed by atoms with Crippen molar-refractivity contribution in [1.82, 2.24) is 0 Å². The molecule has 56 heavy (non-hydrogen) atoms. The second-order valence-corrected chi connectivity index (χ2v) is 20.5. The van der Waals surface area contributed by atoms with Crippen LogP contribution in [0.2, 0.25) is 5.04 Å². The van der Waals surface area contributed by atoms with E-state index in [0.717, 1.165) is 30.6 Å². The molecule has 314 valence electrons. The summed E-state index contributed by atoms with van der Waals surface area (Å²) in [6.45, 7) is 18.2. The van der Waals surface area contributed by atoms with Gasteiger partial charge in [0.25, 0.3) is 8.32 Å². The van der Waals surface area contributed by atoms with Crippen LogP contribution in [0, 0.1) is 23.7 Å². The summed E-state index contributed by atoms with van der Waals surface area (Å²) in [6, 6.07) is 29.5. The lowest BCUT2D eigenvalue weighted by molar-refractivity contribution is -0.157. The van der Waals surface area contributed by atoms with Crippen molar-refractivity contribution in [2.24, 2.45) is 23.7 Å². The van der Waals surface area contributed by atoms with Crippen LogP contribution < -0.4 is 15.1 Å². The van der Waals surface area contributed by atoms with Crippen LogP contribution in [0.5, 0.6) is 5.75 Å². The van der Waals surface area contributed by atoms with E-state index in [1.807, 2.05) is 24.3 Å². The van der Waals surface area contributed by atoms with E-state index in [1.54, 1.807) is 28.4 Å². The molecule has 7 atom stereocenters. The Bertz CT molecular complexity index is 1400. The van der Waals surface area contributed by atoms with Crippen LogP contribution in [-0.2, 0) is 44.2 Å². The van der Waals surface area contributed by atoms with Gasteiger partial charge in [0.05, 0.1) is 32.0 Å². The number of benzene rings is 3. The van der Waals surface area contributed by atoms with Crippen molar-refractivity contribution in [1.29, 1.82) is 0 Å². The monoisotopic (exact) mass is 796 g/mol. The first-order chi connectivity index (χ1) is 26.9. The lowest BCUT2D eigenvalue weighted by Crippen LogP contribution is -2.67. The molecule has 0 saturated heterocycles. The summed E-state index contributed by atoms with van der Waals surface area (Å²) in [5.74, 6) is 1.36. The van der Waals surface area contributed by atoms with Gasteiger partial charge < -0.3 is 42.3 Å². The molecule has 0 N–H and O–H groups in total. The maximum Gasteiger partial charge on any atom is 0.261 e. The smallest absolute Gasteiger partial charge is 0.261 e. The summed E-state index contributed by atoms with van der Waals surface area (Å²) in [5, 5.41) is 2.42. The summed E-state index contributed by atoms with van der Waals surface area (Å²) in [6.07, 6.45) is 2.16. The van der Waals surface area contributed by atoms with Gasteiger partial charge in [0.2, 0.25) is 0 Å². The van der Waals surface area contributed by atoms with E-state index in [1.165, 1.54) is 10.4 Å². The minimum atomic E-state index is -2.72. The standard InChI is InChI=1S/C46H72O9Si/c1-35(44(53-33-48-9)37(3)30-55-56(46(5,6)7,41-18-14-12-15-19-41)42-20-16-13-17-21-42)22-27-43(52-32-47-8)38(4)45(54-34-49-10)36(2)28-29-51-31-39-23-25-40(50-11)26-24-39/h12-21,23-26,35-38,43-45H,22,27-34H2,1-11H3/t35-,36+,37+,38-,43+,44-,45+/m0/s1. The van der Waals surface area contributed by atoms with Gasteiger partial charge in [0.15, 0.2) is 0 Å². The summed E-state index contributed by atoms with van der Waals surface area (Å²) < 4.78 is 54.2. The van der Waals surface area contributed by atoms with Gasteiger partial charge in [-0.2, -0.15) is 0 Å². The highest BCUT2D eigenvalue weighted by atomic mass is 28.4. The van der Waals surface area contributed by atoms with E-state index in [0.29, 0.717) is 19.8 Å². The highest BCUT2D eigenvalue weighted by Crippen LogP contribution is 2.38. The molecule has 0 heterocycles. The molecule has 0 fully saturated rings. The average molecular weight is 797 g/mol. The molecule has 0 aliphatic rings. The average Bonchev–Trinajstić information content (AvgIpc) is 3.20. The van der Waals surface area contributed by atoms with Crippen molar-refractivity contribution in [3.8, 4) is 5.75 Å². The number of ether oxygens (including phenoxy) is 8. The molecular formula is C46H72O9Si. The first-order valence-corrected chi connectivity index (χ1v) is 22.1. The molecule has 0 spiro atoms. The summed E-state index contributed by atoms with van der Waals surface area (Å²) in [7, 11) is 3.95. The second-order valence-electron chi connectivity index (χ2n) is 16.2. The summed E-state index contributed by atoms with van der Waals surface area (Å²) >= 11 is 0. The highest BCUT2D eigenvalue weighted by Gasteiger charge is 2.50. The second kappa shape index (κ2) is 25.0. The first-order valence-electron chi connectivity index (χ1n) is 20.2. The third-order valence-electron chi connectivity index (χ3n) is 11.0. The minimum absolute atomic E-state index is 0.0540. The molecule has 10 heteroatoms. The van der Waals surface area contributed by atoms with E-state index in [4.69, 9.17) is 42.3 Å². The van der Waals surface area contributed by atoms with Crippen LogP contribution in [-0.4, -0.2) is 88.7 Å². The first kappa shape index (κ1) is 47.7. The lowest BCUT2D eigenvalue weighted by Gasteiger charge is -2.44. The van der Waals surface area contributed by atoms with E-state index in [-0.39, 0.29) is 67.4 Å². The van der Waals surface area contributed by atoms with Gasteiger partial charge in [-0.05, 0) is 64.2 Å². The molecule has 3 aromatic carbocycles. The minimum Gasteiger partial charge on any atom is -0.497 e. The zero-order chi connectivity index (χ0) is 41.0. The highest BCUT2D eigenvalue weighted by molar-refractivity contribution is 6.99. The molecule has 3 rings (SSSR count). The van der Waals surface area contributed by atoms with Gasteiger partial charge in [-0.3, -0.25) is 0 Å². The number of methoxy groups -OCH3 is 4. The topological polar surface area (TPSA) is 83.1 Å². The zero-order valence-electron chi connectivity index (χ0n) is 36.2. The fraction of sp³-hybridized carbons (Fsp3) is 0.609. The Morgan fingerprint density at radius 2 is 1.09 bits per heavy atom. The molecule has 3 aromatic rings. The van der Waals surface area contributed by atoms with Gasteiger partial charge in [-0.15, -0.1) is 0 Å². The Morgan fingerprint density at radius 1 is 0.571 bits per heavy atom. The van der Waals surface area contributed by atoms with Crippen LogP contribution in [0.4, 0.5) is 0 Å². The maximum absolute atomic E-state index is 7.36. The fourth-order valence-electron chi connectivity index (χ4n) is 7.93. The summed E-state index contributed by atoms with van der Waals surface area (Å²) in [5.41, 5.74) is 1.11. The Labute approximate surface area is 339 Å². The van der Waals surface area contributed by atoms with Gasteiger partial charge in [0, 0.05) is 46.4 Å². The molecule has 0 aliphatic heterocycles. The number of hydrogen-bond acceptors (Lipinski definition) is 9. The molecule has 0 amide bonds. The molecule has 0 bridgehead atoms. The van der Waals surface area contributed by atoms with Crippen molar-refractivity contribution in [2.45, 2.75) is 97.7 Å². The normalized spacial score (nSPS) is 16.1. The Kier molecular flexibility index (Phi) is 21.3. The molecule has 0 aromatic heterocycles. The predicted molar refractivity (Wildman–Crippen MR) is 227 cm³/mol. The molecular weight excluding hydrogens is 725 g/mol. The zero-order valence-corrected chi connectivity index (χ0v) is 37.2. The molecule has 0 unspecified atom stereocenters. The van der Waals surface area contributed by atoms with Crippen molar-refractivity contribution < 1.29 is 42.3 Å². The predicted octanol–water partition coefficient (Wildman–Crippen LogP) is 8.47. The number of rotatable bonds is 28. The fourth-order valence-corrected chi connectivity index (χ4v) is 12.6. The maximum atomic E-state index is 7.36. The van der Waals surface area contributed by atoms with Gasteiger partial charge in [0.1, 0.15) is 26.1 Å². The van der Waals surface area contributed by atoms with E-state index in [2.05, 4.69) is 109 Å². The summed E-state index contributed by atoms with van der Waals surface area (Å²) in [4.78, 5) is 0. The van der Waals surface area contributed by atoms with Crippen molar-refractivity contribution >= 4 is 18.7 Å². The number of hydrogen-bond donors (Lipinski definition) is 0. The third kappa shape index (κ3) is 14.0.